The van der Waals surface area contributed by atoms with Crippen molar-refractivity contribution in [2.24, 2.45) is 0 Å². The molecule has 0 saturated carbocycles. The molecule has 2 unspecified atom stereocenters. The molecular weight excluding hydrogens is 193 g/mol. The fourth-order valence-corrected chi connectivity index (χ4v) is 2.44. The van der Waals surface area contributed by atoms with Gasteiger partial charge in [-0.05, 0) is 13.5 Å². The number of halogens is 1. The average Bonchev–Trinajstić information content (AvgIpc) is 2.29. The molecule has 0 bridgehead atoms. The van der Waals surface area contributed by atoms with Crippen LogP contribution in [0.15, 0.2) is 0 Å². The van der Waals surface area contributed by atoms with Crippen LogP contribution >= 0.6 is 11.8 Å². The summed E-state index contributed by atoms with van der Waals surface area (Å²) in [5.74, 6) is 0.0206. The summed E-state index contributed by atoms with van der Waals surface area (Å²) < 4.78 is 12.8. The van der Waals surface area contributed by atoms with Crippen LogP contribution in [0.2, 0.25) is 0 Å². The lowest BCUT2D eigenvalue weighted by Crippen LogP contribution is -2.27. The second kappa shape index (κ2) is 4.81. The van der Waals surface area contributed by atoms with Crippen LogP contribution in [0.4, 0.5) is 4.39 Å². The van der Waals surface area contributed by atoms with Crippen molar-refractivity contribution >= 4 is 17.7 Å². The van der Waals surface area contributed by atoms with Crippen LogP contribution in [-0.2, 0) is 4.79 Å². The van der Waals surface area contributed by atoms with E-state index in [4.69, 9.17) is 5.11 Å². The molecule has 13 heavy (non-hydrogen) atoms. The Morgan fingerprint density at radius 1 is 1.77 bits per heavy atom. The quantitative estimate of drug-likeness (QED) is 0.742. The Labute approximate surface area is 81.3 Å². The molecule has 1 N–H and O–H groups in total. The molecule has 1 rings (SSSR count). The molecule has 0 aromatic carbocycles. The molecule has 0 amide bonds. The van der Waals surface area contributed by atoms with Gasteiger partial charge in [-0.25, -0.2) is 4.39 Å². The number of carbonyl (C=O) groups is 1. The molecule has 1 aliphatic heterocycles. The third-order valence-electron chi connectivity index (χ3n) is 2.17. The van der Waals surface area contributed by atoms with Crippen molar-refractivity contribution in [2.45, 2.75) is 18.6 Å². The predicted octanol–water partition coefficient (Wildman–Crippen LogP) is 0.846. The Morgan fingerprint density at radius 2 is 2.46 bits per heavy atom. The van der Waals surface area contributed by atoms with Gasteiger partial charge in [0.25, 0.3) is 0 Å². The van der Waals surface area contributed by atoms with Crippen molar-refractivity contribution in [2.75, 3.05) is 25.1 Å². The van der Waals surface area contributed by atoms with E-state index in [9.17, 15) is 9.18 Å². The molecule has 1 fully saturated rings. The van der Waals surface area contributed by atoms with E-state index >= 15 is 0 Å². The summed E-state index contributed by atoms with van der Waals surface area (Å²) in [6, 6.07) is 0.208. The van der Waals surface area contributed by atoms with Crippen molar-refractivity contribution < 1.29 is 14.3 Å². The Hall–Kier alpha value is -0.290. The molecule has 0 aliphatic carbocycles. The summed E-state index contributed by atoms with van der Waals surface area (Å²) in [4.78, 5) is 12.2. The molecule has 0 aromatic rings. The first-order valence-electron chi connectivity index (χ1n) is 4.23. The minimum atomic E-state index is -0.803. The highest BCUT2D eigenvalue weighted by molar-refractivity contribution is 7.99. The molecule has 1 aliphatic rings. The van der Waals surface area contributed by atoms with Crippen LogP contribution < -0.4 is 0 Å². The standard InChI is InChI=1S/C8H14FNO2S/c1-10-3-6(9)2-7(10)4-13-5-8(11)12/h6-7H,2-5H2,1H3,(H,11,12). The monoisotopic (exact) mass is 207 g/mol. The van der Waals surface area contributed by atoms with Gasteiger partial charge in [0.05, 0.1) is 5.75 Å². The van der Waals surface area contributed by atoms with Crippen LogP contribution in [0.3, 0.4) is 0 Å². The van der Waals surface area contributed by atoms with Crippen LogP contribution in [0.25, 0.3) is 0 Å². The number of thioether (sulfide) groups is 1. The van der Waals surface area contributed by atoms with Crippen LogP contribution in [0.1, 0.15) is 6.42 Å². The molecule has 0 aromatic heterocycles. The van der Waals surface area contributed by atoms with Gasteiger partial charge in [-0.15, -0.1) is 11.8 Å². The van der Waals surface area contributed by atoms with E-state index < -0.39 is 12.1 Å². The van der Waals surface area contributed by atoms with E-state index in [2.05, 4.69) is 0 Å². The fourth-order valence-electron chi connectivity index (χ4n) is 1.49. The number of likely N-dealkylation sites (tertiary alicyclic amines) is 1. The highest BCUT2D eigenvalue weighted by Crippen LogP contribution is 2.21. The van der Waals surface area contributed by atoms with Crippen molar-refractivity contribution in [3.05, 3.63) is 0 Å². The van der Waals surface area contributed by atoms with Crippen molar-refractivity contribution in [1.82, 2.24) is 4.90 Å². The van der Waals surface area contributed by atoms with Crippen LogP contribution in [0.5, 0.6) is 0 Å². The van der Waals surface area contributed by atoms with Crippen molar-refractivity contribution in [1.29, 1.82) is 0 Å². The van der Waals surface area contributed by atoms with Gasteiger partial charge < -0.3 is 5.11 Å². The molecule has 1 heterocycles. The van der Waals surface area contributed by atoms with Gasteiger partial charge in [0, 0.05) is 18.3 Å². The fraction of sp³-hybridized carbons (Fsp3) is 0.875. The maximum atomic E-state index is 12.8. The summed E-state index contributed by atoms with van der Waals surface area (Å²) in [5.41, 5.74) is 0. The Bertz CT molecular complexity index is 191. The number of alkyl halides is 1. The number of nitrogens with zero attached hydrogens (tertiary/aromatic N) is 1. The van der Waals surface area contributed by atoms with Gasteiger partial charge in [0.2, 0.25) is 0 Å². The lowest BCUT2D eigenvalue weighted by atomic mass is 10.2. The summed E-state index contributed by atoms with van der Waals surface area (Å²) in [5, 5.41) is 8.40. The molecular formula is C8H14FNO2S. The minimum absolute atomic E-state index is 0.112. The van der Waals surface area contributed by atoms with Gasteiger partial charge in [-0.1, -0.05) is 0 Å². The maximum Gasteiger partial charge on any atom is 0.313 e. The van der Waals surface area contributed by atoms with Gasteiger partial charge in [0.1, 0.15) is 6.17 Å². The second-order valence-corrected chi connectivity index (χ2v) is 4.37. The number of hydrogen-bond donors (Lipinski definition) is 1. The molecule has 76 valence electrons. The molecule has 0 radical (unpaired) electrons. The van der Waals surface area contributed by atoms with E-state index in [1.165, 1.54) is 11.8 Å². The lowest BCUT2D eigenvalue weighted by molar-refractivity contribution is -0.133. The highest BCUT2D eigenvalue weighted by atomic mass is 32.2. The Kier molecular flexibility index (Phi) is 3.99. The van der Waals surface area contributed by atoms with Gasteiger partial charge >= 0.3 is 5.97 Å². The van der Waals surface area contributed by atoms with Crippen molar-refractivity contribution in [3.8, 4) is 0 Å². The average molecular weight is 207 g/mol. The number of hydrogen-bond acceptors (Lipinski definition) is 3. The Balaban J connectivity index is 2.18. The molecule has 2 atom stereocenters. The van der Waals surface area contributed by atoms with E-state index in [1.54, 1.807) is 0 Å². The molecule has 3 nitrogen and oxygen atoms in total. The highest BCUT2D eigenvalue weighted by Gasteiger charge is 2.28. The van der Waals surface area contributed by atoms with E-state index in [0.29, 0.717) is 18.7 Å². The normalized spacial score (nSPS) is 29.4. The number of carboxylic acids is 1. The third kappa shape index (κ3) is 3.52. The summed E-state index contributed by atoms with van der Waals surface area (Å²) >= 11 is 1.36. The summed E-state index contributed by atoms with van der Waals surface area (Å²) in [6.45, 7) is 0.484. The minimum Gasteiger partial charge on any atom is -0.481 e. The zero-order chi connectivity index (χ0) is 9.84. The predicted molar refractivity (Wildman–Crippen MR) is 50.9 cm³/mol. The SMILES string of the molecule is CN1CC(F)CC1CSCC(=O)O. The lowest BCUT2D eigenvalue weighted by Gasteiger charge is -2.17. The third-order valence-corrected chi connectivity index (χ3v) is 3.24. The van der Waals surface area contributed by atoms with Crippen LogP contribution in [0, 0.1) is 0 Å². The molecule has 0 spiro atoms. The number of rotatable bonds is 4. The van der Waals surface area contributed by atoms with E-state index in [0.717, 1.165) is 0 Å². The first-order chi connectivity index (χ1) is 6.09. The smallest absolute Gasteiger partial charge is 0.313 e. The van der Waals surface area contributed by atoms with Gasteiger partial charge in [-0.3, -0.25) is 9.69 Å². The number of aliphatic carboxylic acids is 1. The molecule has 1 saturated heterocycles. The van der Waals surface area contributed by atoms with E-state index in [1.807, 2.05) is 11.9 Å². The zero-order valence-electron chi connectivity index (χ0n) is 7.57. The van der Waals surface area contributed by atoms with Crippen LogP contribution in [-0.4, -0.2) is 53.3 Å². The summed E-state index contributed by atoms with van der Waals surface area (Å²) in [6.07, 6.45) is -0.191. The van der Waals surface area contributed by atoms with Gasteiger partial charge in [0.15, 0.2) is 0 Å². The first-order valence-corrected chi connectivity index (χ1v) is 5.39. The largest absolute Gasteiger partial charge is 0.481 e. The van der Waals surface area contributed by atoms with E-state index in [-0.39, 0.29) is 11.8 Å². The maximum absolute atomic E-state index is 12.8. The first kappa shape index (κ1) is 10.8. The Morgan fingerprint density at radius 3 is 2.92 bits per heavy atom. The number of carboxylic acid groups (broad SMARTS) is 1. The topological polar surface area (TPSA) is 40.5 Å². The van der Waals surface area contributed by atoms with Gasteiger partial charge in [-0.2, -0.15) is 0 Å². The second-order valence-electron chi connectivity index (χ2n) is 3.34. The van der Waals surface area contributed by atoms with Crippen molar-refractivity contribution in [3.63, 3.8) is 0 Å². The molecule has 5 heteroatoms. The zero-order valence-corrected chi connectivity index (χ0v) is 8.39. The summed E-state index contributed by atoms with van der Waals surface area (Å²) in [7, 11) is 1.88.